The number of ether oxygens (including phenoxy) is 1. The number of halogens is 1. The summed E-state index contributed by atoms with van der Waals surface area (Å²) in [6, 6.07) is 13.2. The number of alkyl carbamates (subject to hydrolysis) is 1. The van der Waals surface area contributed by atoms with E-state index in [1.807, 2.05) is 13.8 Å². The number of hydrogen-bond acceptors (Lipinski definition) is 6. The highest BCUT2D eigenvalue weighted by molar-refractivity contribution is 14.1. The van der Waals surface area contributed by atoms with E-state index in [2.05, 4.69) is 27.9 Å². The van der Waals surface area contributed by atoms with Gasteiger partial charge in [-0.2, -0.15) is 0 Å². The predicted molar refractivity (Wildman–Crippen MR) is 126 cm³/mol. The molecule has 4 N–H and O–H groups in total. The summed E-state index contributed by atoms with van der Waals surface area (Å²) in [5.41, 5.74) is 1.54. The molecule has 0 saturated heterocycles. The normalized spacial score (nSPS) is 12.2. The number of rotatable bonds is 8. The smallest absolute Gasteiger partial charge is 0.414 e. The van der Waals surface area contributed by atoms with Gasteiger partial charge in [0.05, 0.1) is 0 Å². The molecule has 32 heavy (non-hydrogen) atoms. The molecule has 170 valence electrons. The van der Waals surface area contributed by atoms with Gasteiger partial charge in [-0.05, 0) is 65.8 Å². The zero-order chi connectivity index (χ0) is 23.7. The molecule has 0 fully saturated rings. The zero-order valence-corrected chi connectivity index (χ0v) is 19.8. The number of nitrogens with one attached hydrogen (secondary N) is 2. The van der Waals surface area contributed by atoms with E-state index in [0.29, 0.717) is 24.0 Å². The molecule has 9 heteroatoms. The van der Waals surface area contributed by atoms with Gasteiger partial charge in [0, 0.05) is 26.2 Å². The van der Waals surface area contributed by atoms with Crippen LogP contribution in [0.4, 0.5) is 4.79 Å². The standard InChI is InChI=1S/C23H25IN2O6/c1-23(2,13-7-6-10-19(28)26-31)20(17-14-16(24)11-12-18(17)27)32-22(30)25-21(29)15-8-4-3-5-9-15/h3-6,8-12,14,20,27,31H,7,13H2,1-2H3,(H,26,28)(H,25,29,30)/b10-6+/t20-/m1/s1. The molecule has 0 aliphatic carbocycles. The van der Waals surface area contributed by atoms with Crippen molar-refractivity contribution in [1.29, 1.82) is 0 Å². The van der Waals surface area contributed by atoms with Crippen molar-refractivity contribution in [3.05, 3.63) is 75.4 Å². The average Bonchev–Trinajstić information content (AvgIpc) is 2.77. The summed E-state index contributed by atoms with van der Waals surface area (Å²) in [4.78, 5) is 36.0. The summed E-state index contributed by atoms with van der Waals surface area (Å²) < 4.78 is 6.48. The number of benzene rings is 2. The lowest BCUT2D eigenvalue weighted by Crippen LogP contribution is -2.35. The maximum absolute atomic E-state index is 12.6. The third kappa shape index (κ3) is 7.34. The molecule has 2 aromatic carbocycles. The zero-order valence-electron chi connectivity index (χ0n) is 17.7. The first-order valence-corrected chi connectivity index (χ1v) is 10.9. The van der Waals surface area contributed by atoms with E-state index < -0.39 is 29.4 Å². The van der Waals surface area contributed by atoms with Gasteiger partial charge in [-0.15, -0.1) is 0 Å². The van der Waals surface area contributed by atoms with Crippen molar-refractivity contribution in [3.8, 4) is 5.75 Å². The Morgan fingerprint density at radius 2 is 1.84 bits per heavy atom. The van der Waals surface area contributed by atoms with Crippen molar-refractivity contribution < 1.29 is 29.4 Å². The van der Waals surface area contributed by atoms with Crippen LogP contribution in [0, 0.1) is 8.99 Å². The maximum Gasteiger partial charge on any atom is 0.414 e. The van der Waals surface area contributed by atoms with Crippen molar-refractivity contribution in [1.82, 2.24) is 10.8 Å². The van der Waals surface area contributed by atoms with E-state index in [1.165, 1.54) is 17.6 Å². The van der Waals surface area contributed by atoms with Crippen LogP contribution < -0.4 is 10.8 Å². The van der Waals surface area contributed by atoms with Gasteiger partial charge >= 0.3 is 6.09 Å². The van der Waals surface area contributed by atoms with Crippen LogP contribution in [0.3, 0.4) is 0 Å². The van der Waals surface area contributed by atoms with Crippen LogP contribution in [0.2, 0.25) is 0 Å². The monoisotopic (exact) mass is 552 g/mol. The second kappa shape index (κ2) is 11.6. The number of carbonyl (C=O) groups is 3. The lowest BCUT2D eigenvalue weighted by Gasteiger charge is -2.34. The predicted octanol–water partition coefficient (Wildman–Crippen LogP) is 4.47. The van der Waals surface area contributed by atoms with Gasteiger partial charge in [-0.25, -0.2) is 10.3 Å². The van der Waals surface area contributed by atoms with Crippen LogP contribution in [0.1, 0.15) is 48.7 Å². The highest BCUT2D eigenvalue weighted by Crippen LogP contribution is 2.44. The average molecular weight is 552 g/mol. The Hall–Kier alpha value is -2.92. The fourth-order valence-electron chi connectivity index (χ4n) is 3.08. The fraction of sp³-hybridized carbons (Fsp3) is 0.261. The summed E-state index contributed by atoms with van der Waals surface area (Å²) in [6.07, 6.45) is 1.86. The van der Waals surface area contributed by atoms with E-state index in [9.17, 15) is 19.5 Å². The SMILES string of the molecule is CC(C)(CC/C=C/C(=O)NO)[C@H](OC(=O)NC(=O)c1ccccc1)c1cc(I)ccc1O. The van der Waals surface area contributed by atoms with E-state index in [-0.39, 0.29) is 5.75 Å². The summed E-state index contributed by atoms with van der Waals surface area (Å²) in [6.45, 7) is 3.70. The van der Waals surface area contributed by atoms with Gasteiger partial charge in [-0.3, -0.25) is 20.1 Å². The molecule has 0 heterocycles. The van der Waals surface area contributed by atoms with E-state index >= 15 is 0 Å². The van der Waals surface area contributed by atoms with Gasteiger partial charge < -0.3 is 9.84 Å². The lowest BCUT2D eigenvalue weighted by atomic mass is 9.78. The highest BCUT2D eigenvalue weighted by Gasteiger charge is 2.36. The molecule has 0 spiro atoms. The summed E-state index contributed by atoms with van der Waals surface area (Å²) in [7, 11) is 0. The fourth-order valence-corrected chi connectivity index (χ4v) is 3.60. The number of imide groups is 1. The molecular formula is C23H25IN2O6. The number of hydrogen-bond donors (Lipinski definition) is 4. The van der Waals surface area contributed by atoms with Crippen molar-refractivity contribution in [2.45, 2.75) is 32.8 Å². The first-order valence-electron chi connectivity index (χ1n) is 9.80. The van der Waals surface area contributed by atoms with E-state index in [4.69, 9.17) is 9.94 Å². The van der Waals surface area contributed by atoms with Crippen LogP contribution in [0.5, 0.6) is 5.75 Å². The van der Waals surface area contributed by atoms with Crippen molar-refractivity contribution in [2.24, 2.45) is 5.41 Å². The molecule has 0 aliphatic rings. The molecule has 3 amide bonds. The number of phenols is 1. The van der Waals surface area contributed by atoms with E-state index in [0.717, 1.165) is 3.57 Å². The van der Waals surface area contributed by atoms with Gasteiger partial charge in [0.15, 0.2) is 0 Å². The number of aromatic hydroxyl groups is 1. The minimum absolute atomic E-state index is 0.0409. The van der Waals surface area contributed by atoms with Crippen LogP contribution in [0.15, 0.2) is 60.7 Å². The molecule has 0 radical (unpaired) electrons. The lowest BCUT2D eigenvalue weighted by molar-refractivity contribution is -0.124. The molecule has 0 aromatic heterocycles. The van der Waals surface area contributed by atoms with Crippen LogP contribution in [-0.4, -0.2) is 28.2 Å². The third-order valence-corrected chi connectivity index (χ3v) is 5.46. The highest BCUT2D eigenvalue weighted by atomic mass is 127. The summed E-state index contributed by atoms with van der Waals surface area (Å²) >= 11 is 2.09. The minimum Gasteiger partial charge on any atom is -0.508 e. The molecule has 8 nitrogen and oxygen atoms in total. The molecule has 0 saturated carbocycles. The first kappa shape index (κ1) is 25.3. The Labute approximate surface area is 199 Å². The quantitative estimate of drug-likeness (QED) is 0.166. The molecule has 1 atom stereocenters. The Bertz CT molecular complexity index is 991. The van der Waals surface area contributed by atoms with Crippen LogP contribution in [0.25, 0.3) is 0 Å². The van der Waals surface area contributed by atoms with Gasteiger partial charge in [-0.1, -0.05) is 38.1 Å². The largest absolute Gasteiger partial charge is 0.508 e. The Morgan fingerprint density at radius 1 is 1.16 bits per heavy atom. The van der Waals surface area contributed by atoms with Gasteiger partial charge in [0.2, 0.25) is 0 Å². The van der Waals surface area contributed by atoms with Crippen LogP contribution in [-0.2, 0) is 9.53 Å². The molecule has 0 aliphatic heterocycles. The number of amides is 3. The molecular weight excluding hydrogens is 527 g/mol. The Kier molecular flexibility index (Phi) is 9.21. The van der Waals surface area contributed by atoms with Gasteiger partial charge in [0.25, 0.3) is 11.8 Å². The van der Waals surface area contributed by atoms with Crippen molar-refractivity contribution in [3.63, 3.8) is 0 Å². The number of hydroxylamine groups is 1. The topological polar surface area (TPSA) is 125 Å². The second-order valence-electron chi connectivity index (χ2n) is 7.71. The van der Waals surface area contributed by atoms with Crippen molar-refractivity contribution in [2.75, 3.05) is 0 Å². The Morgan fingerprint density at radius 3 is 2.50 bits per heavy atom. The Balaban J connectivity index is 2.23. The van der Waals surface area contributed by atoms with Crippen LogP contribution >= 0.6 is 22.6 Å². The third-order valence-electron chi connectivity index (χ3n) is 4.79. The van der Waals surface area contributed by atoms with Crippen molar-refractivity contribution >= 4 is 40.5 Å². The first-order chi connectivity index (χ1) is 15.1. The second-order valence-corrected chi connectivity index (χ2v) is 8.96. The molecule has 0 bridgehead atoms. The number of phenolic OH excluding ortho intramolecular Hbond substituents is 1. The number of allylic oxidation sites excluding steroid dienone is 1. The van der Waals surface area contributed by atoms with E-state index in [1.54, 1.807) is 48.5 Å². The molecule has 2 rings (SSSR count). The minimum atomic E-state index is -0.939. The number of carbonyl (C=O) groups excluding carboxylic acids is 3. The maximum atomic E-state index is 12.6. The summed E-state index contributed by atoms with van der Waals surface area (Å²) in [5.74, 6) is -1.29. The molecule has 0 unspecified atom stereocenters. The molecule has 2 aromatic rings. The summed E-state index contributed by atoms with van der Waals surface area (Å²) in [5, 5.41) is 21.2. The van der Waals surface area contributed by atoms with Gasteiger partial charge in [0.1, 0.15) is 11.9 Å².